The van der Waals surface area contributed by atoms with Crippen molar-refractivity contribution in [2.24, 2.45) is 5.73 Å². The van der Waals surface area contributed by atoms with Gasteiger partial charge in [0, 0.05) is 11.3 Å². The molecule has 4 N–H and O–H groups in total. The lowest BCUT2D eigenvalue weighted by molar-refractivity contribution is -0.150. The van der Waals surface area contributed by atoms with Gasteiger partial charge in [-0.1, -0.05) is 6.07 Å². The first-order valence-electron chi connectivity index (χ1n) is 7.83. The molecule has 3 unspecified atom stereocenters. The Balaban J connectivity index is 1.66. The summed E-state index contributed by atoms with van der Waals surface area (Å²) in [6.45, 7) is -0.336. The molecule has 1 fully saturated rings. The number of carbonyl (C=O) groups is 4. The molecule has 2 aliphatic heterocycles. The third-order valence-corrected chi connectivity index (χ3v) is 7.89. The first-order chi connectivity index (χ1) is 13.3. The van der Waals surface area contributed by atoms with Gasteiger partial charge in [-0.05, 0) is 11.4 Å². The van der Waals surface area contributed by atoms with Crippen molar-refractivity contribution in [1.82, 2.24) is 10.2 Å². The average molecular weight is 446 g/mol. The topological polar surface area (TPSA) is 156 Å². The highest BCUT2D eigenvalue weighted by Gasteiger charge is 2.54. The van der Waals surface area contributed by atoms with Crippen molar-refractivity contribution in [2.45, 2.75) is 15.6 Å². The number of carboxylic acid groups (broad SMARTS) is 1. The van der Waals surface area contributed by atoms with E-state index in [1.807, 2.05) is 0 Å². The third kappa shape index (κ3) is 4.05. The van der Waals surface area contributed by atoms with Gasteiger partial charge in [0.1, 0.15) is 29.5 Å². The van der Waals surface area contributed by atoms with E-state index in [-0.39, 0.29) is 29.4 Å². The summed E-state index contributed by atoms with van der Waals surface area (Å²) in [5.74, 6) is -2.60. The first kappa shape index (κ1) is 20.4. The molecule has 1 aromatic rings. The van der Waals surface area contributed by atoms with Crippen LogP contribution in [0.3, 0.4) is 0 Å². The smallest absolute Gasteiger partial charge is 0.404 e. The van der Waals surface area contributed by atoms with Crippen molar-refractivity contribution in [3.05, 3.63) is 28.8 Å². The van der Waals surface area contributed by atoms with Crippen LogP contribution in [0.1, 0.15) is 0 Å². The molecule has 1 saturated heterocycles. The molecular formula is C15H15N3O7S3. The van der Waals surface area contributed by atoms with Crippen molar-refractivity contribution >= 4 is 57.8 Å². The van der Waals surface area contributed by atoms with Crippen molar-refractivity contribution in [3.8, 4) is 0 Å². The number of aliphatic carboxylic acids is 1. The van der Waals surface area contributed by atoms with Gasteiger partial charge in [0.25, 0.3) is 5.91 Å². The number of carbonyl (C=O) groups excluding carboxylic acids is 3. The van der Waals surface area contributed by atoms with Crippen LogP contribution in [0.4, 0.5) is 4.79 Å². The third-order valence-electron chi connectivity index (χ3n) is 3.94. The maximum atomic E-state index is 12.4. The number of nitrogens with one attached hydrogen (secondary N) is 1. The molecule has 3 atom stereocenters. The molecule has 0 radical (unpaired) electrons. The van der Waals surface area contributed by atoms with Gasteiger partial charge in [-0.3, -0.25) is 18.7 Å². The van der Waals surface area contributed by atoms with Crippen molar-refractivity contribution in [3.63, 3.8) is 0 Å². The summed E-state index contributed by atoms with van der Waals surface area (Å²) >= 11 is 2.49. The lowest BCUT2D eigenvalue weighted by Crippen LogP contribution is -2.70. The predicted molar refractivity (Wildman–Crippen MR) is 101 cm³/mol. The van der Waals surface area contributed by atoms with Gasteiger partial charge in [0.15, 0.2) is 0 Å². The molecule has 2 aliphatic rings. The van der Waals surface area contributed by atoms with Gasteiger partial charge < -0.3 is 20.9 Å². The molecule has 28 heavy (non-hydrogen) atoms. The number of rotatable bonds is 7. The molecule has 3 rings (SSSR count). The second-order valence-corrected chi connectivity index (χ2v) is 9.47. The Morgan fingerprint density at radius 1 is 1.43 bits per heavy atom. The molecular weight excluding hydrogens is 430 g/mol. The lowest BCUT2D eigenvalue weighted by atomic mass is 10.0. The molecule has 10 nitrogen and oxygen atoms in total. The van der Waals surface area contributed by atoms with E-state index in [4.69, 9.17) is 5.73 Å². The number of primary amides is 1. The van der Waals surface area contributed by atoms with E-state index < -0.39 is 46.1 Å². The fourth-order valence-electron chi connectivity index (χ4n) is 2.75. The molecule has 1 aromatic heterocycles. The molecule has 3 heterocycles. The molecule has 0 spiro atoms. The number of hydrogen-bond donors (Lipinski definition) is 3. The van der Waals surface area contributed by atoms with E-state index in [1.165, 1.54) is 23.1 Å². The Hall–Kier alpha value is -2.38. The number of ether oxygens (including phenoxy) is 1. The van der Waals surface area contributed by atoms with E-state index in [0.717, 1.165) is 4.90 Å². The van der Waals surface area contributed by atoms with Crippen molar-refractivity contribution < 1.29 is 33.2 Å². The Labute approximate surface area is 169 Å². The maximum Gasteiger partial charge on any atom is 0.404 e. The standard InChI is InChI=1S/C15H15N3O7S3/c16-15(23)25-4-7-5-27-13-10(12(20)18(13)11(7)14(21)22)17-8(19)6-28(24)9-2-1-3-26-9/h1-3,10,13H,4-6H2,(H2,16,23)(H,17,19)(H,21,22). The highest BCUT2D eigenvalue weighted by molar-refractivity contribution is 8.00. The molecule has 0 saturated carbocycles. The van der Waals surface area contributed by atoms with Gasteiger partial charge in [-0.2, -0.15) is 0 Å². The van der Waals surface area contributed by atoms with Crippen LogP contribution in [0.5, 0.6) is 0 Å². The molecule has 0 aromatic carbocycles. The van der Waals surface area contributed by atoms with Gasteiger partial charge >= 0.3 is 12.1 Å². The van der Waals surface area contributed by atoms with Crippen LogP contribution >= 0.6 is 23.1 Å². The van der Waals surface area contributed by atoms with Gasteiger partial charge in [0.2, 0.25) is 5.91 Å². The minimum absolute atomic E-state index is 0.191. The first-order valence-corrected chi connectivity index (χ1v) is 11.1. The number of nitrogens with zero attached hydrogens (tertiary/aromatic N) is 1. The molecule has 0 aliphatic carbocycles. The summed E-state index contributed by atoms with van der Waals surface area (Å²) in [7, 11) is -1.51. The number of nitrogens with two attached hydrogens (primary N) is 1. The average Bonchev–Trinajstić information content (AvgIpc) is 3.18. The second kappa shape index (κ2) is 8.32. The van der Waals surface area contributed by atoms with E-state index in [1.54, 1.807) is 17.5 Å². The SMILES string of the molecule is NC(=O)OCC1=C(C(=O)O)N2C(=O)C(NC(=O)CS(=O)c3cccs3)C2SC1. The minimum Gasteiger partial charge on any atom is -0.477 e. The highest BCUT2D eigenvalue weighted by atomic mass is 32.2. The summed E-state index contributed by atoms with van der Waals surface area (Å²) in [4.78, 5) is 48.0. The number of amides is 3. The molecule has 0 bridgehead atoms. The van der Waals surface area contributed by atoms with E-state index in [2.05, 4.69) is 10.1 Å². The van der Waals surface area contributed by atoms with E-state index in [9.17, 15) is 28.5 Å². The van der Waals surface area contributed by atoms with Crippen LogP contribution in [0.15, 0.2) is 33.0 Å². The van der Waals surface area contributed by atoms with E-state index >= 15 is 0 Å². The second-order valence-electron chi connectivity index (χ2n) is 5.74. The molecule has 150 valence electrons. The predicted octanol–water partition coefficient (Wildman–Crippen LogP) is -0.310. The number of thiophene rings is 1. The zero-order valence-electron chi connectivity index (χ0n) is 14.2. The van der Waals surface area contributed by atoms with Crippen LogP contribution in [0, 0.1) is 0 Å². The Morgan fingerprint density at radius 2 is 2.18 bits per heavy atom. The van der Waals surface area contributed by atoms with Crippen LogP contribution in [-0.4, -0.2) is 67.6 Å². The summed E-state index contributed by atoms with van der Waals surface area (Å²) in [5.41, 5.74) is 4.86. The zero-order valence-corrected chi connectivity index (χ0v) is 16.6. The summed E-state index contributed by atoms with van der Waals surface area (Å²) in [6.07, 6.45) is -1.05. The fraction of sp³-hybridized carbons (Fsp3) is 0.333. The number of β-lactam (4-membered cyclic amide) rings is 1. The number of carboxylic acids is 1. The monoisotopic (exact) mass is 445 g/mol. The minimum atomic E-state index is -1.51. The summed E-state index contributed by atoms with van der Waals surface area (Å²) < 4.78 is 17.3. The fourth-order valence-corrected chi connectivity index (χ4v) is 5.99. The van der Waals surface area contributed by atoms with Crippen LogP contribution in [-0.2, 0) is 29.9 Å². The zero-order chi connectivity index (χ0) is 20.4. The van der Waals surface area contributed by atoms with Gasteiger partial charge in [0.05, 0.1) is 15.0 Å². The quantitative estimate of drug-likeness (QED) is 0.483. The number of hydrogen-bond acceptors (Lipinski definition) is 8. The van der Waals surface area contributed by atoms with Crippen LogP contribution in [0.25, 0.3) is 0 Å². The normalized spacial score (nSPS) is 22.1. The maximum absolute atomic E-state index is 12.4. The lowest BCUT2D eigenvalue weighted by Gasteiger charge is -2.49. The Bertz CT molecular complexity index is 883. The van der Waals surface area contributed by atoms with Gasteiger partial charge in [-0.25, -0.2) is 9.59 Å². The Kier molecular flexibility index (Phi) is 6.05. The largest absolute Gasteiger partial charge is 0.477 e. The molecule has 3 amide bonds. The summed E-state index contributed by atoms with van der Waals surface area (Å²) in [5, 5.41) is 13.1. The number of thioether (sulfide) groups is 1. The number of fused-ring (bicyclic) bond motifs is 1. The van der Waals surface area contributed by atoms with E-state index in [0.29, 0.717) is 4.21 Å². The van der Waals surface area contributed by atoms with Crippen LogP contribution in [0.2, 0.25) is 0 Å². The van der Waals surface area contributed by atoms with Crippen LogP contribution < -0.4 is 11.1 Å². The van der Waals surface area contributed by atoms with Crippen molar-refractivity contribution in [2.75, 3.05) is 18.1 Å². The van der Waals surface area contributed by atoms with Gasteiger partial charge in [-0.15, -0.1) is 23.1 Å². The Morgan fingerprint density at radius 3 is 2.79 bits per heavy atom. The highest BCUT2D eigenvalue weighted by Crippen LogP contribution is 2.40. The molecule has 13 heteroatoms. The van der Waals surface area contributed by atoms with Crippen molar-refractivity contribution in [1.29, 1.82) is 0 Å². The summed E-state index contributed by atoms with van der Waals surface area (Å²) in [6, 6.07) is 2.47.